The highest BCUT2D eigenvalue weighted by Gasteiger charge is 2.49. The van der Waals surface area contributed by atoms with Crippen LogP contribution in [0.1, 0.15) is 81.1 Å². The zero-order valence-electron chi connectivity index (χ0n) is 27.7. The van der Waals surface area contributed by atoms with Gasteiger partial charge < -0.3 is 44.1 Å². The van der Waals surface area contributed by atoms with Crippen LogP contribution in [0.2, 0.25) is 0 Å². The van der Waals surface area contributed by atoms with E-state index >= 15 is 0 Å². The van der Waals surface area contributed by atoms with E-state index in [2.05, 4.69) is 11.8 Å². The van der Waals surface area contributed by atoms with Gasteiger partial charge in [0.05, 0.1) is 29.8 Å². The largest absolute Gasteiger partial charge is 0.459 e. The number of rotatable bonds is 5. The molecule has 2 aliphatic rings. The van der Waals surface area contributed by atoms with Crippen molar-refractivity contribution in [2.75, 3.05) is 34.8 Å². The zero-order valence-corrected chi connectivity index (χ0v) is 27.7. The molecule has 0 radical (unpaired) electrons. The van der Waals surface area contributed by atoms with Crippen LogP contribution in [0.4, 0.5) is 0 Å². The second kappa shape index (κ2) is 14.8. The van der Waals surface area contributed by atoms with Gasteiger partial charge in [-0.1, -0.05) is 20.8 Å². The highest BCUT2D eigenvalue weighted by atomic mass is 16.7. The number of esters is 1. The van der Waals surface area contributed by atoms with Gasteiger partial charge in [-0.25, -0.2) is 0 Å². The fourth-order valence-electron chi connectivity index (χ4n) is 7.09. The summed E-state index contributed by atoms with van der Waals surface area (Å²) in [5, 5.41) is 34.7. The zero-order chi connectivity index (χ0) is 31.4. The molecule has 13 atom stereocenters. The Bertz CT molecular complexity index is 824. The smallest absolute Gasteiger partial charge is 0.311 e. The summed E-state index contributed by atoms with van der Waals surface area (Å²) in [7, 11) is 7.53. The molecule has 2 fully saturated rings. The van der Waals surface area contributed by atoms with E-state index in [0.29, 0.717) is 25.8 Å². The standard InChI is InChI=1S/C31H60N2O8/c1-13-24-31(8,37)27(34)22(6)33(11)17-18(2)16-30(7,36)28(20(4)26(38-12)21(5)29(35)40-24)41-25-15-23(32(9)10)14-19(3)39-25/h18-28,34,36-37H,13-17H2,1-12H3/t18-,19-,20+,21-,22-,23+,24-,25+,26?,27-,28-,30-,31-/m1/s1. The number of nitrogens with zero attached hydrogens (tertiary/aromatic N) is 2. The second-order valence-electron chi connectivity index (χ2n) is 13.7. The summed E-state index contributed by atoms with van der Waals surface area (Å²) < 4.78 is 24.7. The molecule has 0 spiro atoms. The number of methoxy groups -OCH3 is 1. The minimum absolute atomic E-state index is 0.00459. The van der Waals surface area contributed by atoms with Gasteiger partial charge in [-0.2, -0.15) is 0 Å². The van der Waals surface area contributed by atoms with Crippen LogP contribution in [-0.2, 0) is 23.7 Å². The molecule has 41 heavy (non-hydrogen) atoms. The Morgan fingerprint density at radius 1 is 1.10 bits per heavy atom. The van der Waals surface area contributed by atoms with Gasteiger partial charge in [0.2, 0.25) is 0 Å². The summed E-state index contributed by atoms with van der Waals surface area (Å²) in [6.07, 6.45) is -1.73. The third kappa shape index (κ3) is 8.85. The van der Waals surface area contributed by atoms with Crippen LogP contribution in [0.25, 0.3) is 0 Å². The highest BCUT2D eigenvalue weighted by molar-refractivity contribution is 5.73. The van der Waals surface area contributed by atoms with Crippen molar-refractivity contribution >= 4 is 5.97 Å². The first kappa shape index (κ1) is 36.3. The van der Waals surface area contributed by atoms with E-state index in [9.17, 15) is 20.1 Å². The lowest BCUT2D eigenvalue weighted by atomic mass is 9.78. The van der Waals surface area contributed by atoms with Crippen molar-refractivity contribution in [1.82, 2.24) is 9.80 Å². The molecule has 2 saturated heterocycles. The lowest BCUT2D eigenvalue weighted by Crippen LogP contribution is -2.59. The van der Waals surface area contributed by atoms with Gasteiger partial charge in [-0.15, -0.1) is 0 Å². The van der Waals surface area contributed by atoms with Crippen LogP contribution < -0.4 is 0 Å². The average Bonchev–Trinajstić information content (AvgIpc) is 2.87. The molecular formula is C31H60N2O8. The minimum Gasteiger partial charge on any atom is -0.459 e. The summed E-state index contributed by atoms with van der Waals surface area (Å²) in [5.74, 6) is -1.68. The van der Waals surface area contributed by atoms with Crippen molar-refractivity contribution in [3.05, 3.63) is 0 Å². The fraction of sp³-hybridized carbons (Fsp3) is 0.968. The van der Waals surface area contributed by atoms with Crippen LogP contribution >= 0.6 is 0 Å². The quantitative estimate of drug-likeness (QED) is 0.414. The van der Waals surface area contributed by atoms with Crippen LogP contribution in [0.5, 0.6) is 0 Å². The van der Waals surface area contributed by atoms with Gasteiger partial charge in [0.25, 0.3) is 0 Å². The summed E-state index contributed by atoms with van der Waals surface area (Å²) in [5.41, 5.74) is -2.97. The maximum Gasteiger partial charge on any atom is 0.311 e. The highest BCUT2D eigenvalue weighted by Crippen LogP contribution is 2.37. The number of hydrogen-bond donors (Lipinski definition) is 3. The van der Waals surface area contributed by atoms with Crippen LogP contribution in [-0.4, -0.2) is 126 Å². The molecule has 3 N–H and O–H groups in total. The lowest BCUT2D eigenvalue weighted by molar-refractivity contribution is -0.268. The van der Waals surface area contributed by atoms with E-state index in [1.165, 1.54) is 6.92 Å². The van der Waals surface area contributed by atoms with Gasteiger partial charge in [-0.3, -0.25) is 4.79 Å². The molecule has 2 heterocycles. The summed E-state index contributed by atoms with van der Waals surface area (Å²) in [6, 6.07) is -0.164. The molecule has 0 aromatic rings. The maximum atomic E-state index is 13.5. The predicted molar refractivity (Wildman–Crippen MR) is 158 cm³/mol. The van der Waals surface area contributed by atoms with Gasteiger partial charge >= 0.3 is 5.97 Å². The van der Waals surface area contributed by atoms with Gasteiger partial charge in [0.15, 0.2) is 6.29 Å². The number of carbonyl (C=O) groups excluding carboxylic acids is 1. The number of hydrogen-bond acceptors (Lipinski definition) is 10. The van der Waals surface area contributed by atoms with Crippen molar-refractivity contribution in [2.45, 2.75) is 141 Å². The molecular weight excluding hydrogens is 528 g/mol. The second-order valence-corrected chi connectivity index (χ2v) is 13.7. The van der Waals surface area contributed by atoms with Gasteiger partial charge in [0, 0.05) is 38.1 Å². The molecule has 10 nitrogen and oxygen atoms in total. The summed E-state index contributed by atoms with van der Waals surface area (Å²) in [6.45, 7) is 15.3. The first-order valence-corrected chi connectivity index (χ1v) is 15.4. The van der Waals surface area contributed by atoms with Gasteiger partial charge in [-0.05, 0) is 80.9 Å². The average molecular weight is 589 g/mol. The van der Waals surface area contributed by atoms with E-state index in [4.69, 9.17) is 18.9 Å². The first-order chi connectivity index (χ1) is 18.9. The molecule has 0 bridgehead atoms. The first-order valence-electron chi connectivity index (χ1n) is 15.4. The van der Waals surface area contributed by atoms with E-state index in [1.54, 1.807) is 21.0 Å². The van der Waals surface area contributed by atoms with E-state index in [0.717, 1.165) is 6.42 Å². The van der Waals surface area contributed by atoms with Crippen LogP contribution in [0.15, 0.2) is 0 Å². The number of cyclic esters (lactones) is 1. The molecule has 0 aromatic heterocycles. The number of likely N-dealkylation sites (N-methyl/N-ethyl adjacent to an activating group) is 1. The SMILES string of the molecule is CC[C@H]1OC(=O)[C@H](C)C(OC)[C@H](C)[C@@H](O[C@H]2C[C@@H](N(C)C)C[C@@H](C)O2)[C@](C)(O)C[C@@H](C)CN(C)[C@H](C)[C@@H](O)[C@]1(C)O. The van der Waals surface area contributed by atoms with Crippen molar-refractivity contribution in [3.8, 4) is 0 Å². The van der Waals surface area contributed by atoms with E-state index in [-0.39, 0.29) is 18.1 Å². The maximum absolute atomic E-state index is 13.5. The molecule has 2 rings (SSSR count). The lowest BCUT2D eigenvalue weighted by Gasteiger charge is -2.45. The molecule has 2 aliphatic heterocycles. The van der Waals surface area contributed by atoms with Gasteiger partial charge in [0.1, 0.15) is 17.8 Å². The molecule has 0 aromatic carbocycles. The van der Waals surface area contributed by atoms with E-state index in [1.807, 2.05) is 53.7 Å². The van der Waals surface area contributed by atoms with E-state index < -0.39 is 65.8 Å². The number of aliphatic hydroxyl groups excluding tert-OH is 1. The van der Waals surface area contributed by atoms with Crippen molar-refractivity contribution in [2.24, 2.45) is 17.8 Å². The third-order valence-electron chi connectivity index (χ3n) is 9.62. The van der Waals surface area contributed by atoms with Crippen molar-refractivity contribution < 1.29 is 39.1 Å². The van der Waals surface area contributed by atoms with Crippen LogP contribution in [0.3, 0.4) is 0 Å². The Labute approximate surface area is 248 Å². The third-order valence-corrected chi connectivity index (χ3v) is 9.62. The minimum atomic E-state index is -1.68. The molecule has 0 saturated carbocycles. The van der Waals surface area contributed by atoms with Crippen molar-refractivity contribution in [1.29, 1.82) is 0 Å². The summed E-state index contributed by atoms with van der Waals surface area (Å²) >= 11 is 0. The Morgan fingerprint density at radius 2 is 1.71 bits per heavy atom. The number of carbonyl (C=O) groups is 1. The predicted octanol–water partition coefficient (Wildman–Crippen LogP) is 2.66. The Balaban J connectivity index is 2.53. The molecule has 0 amide bonds. The Kier molecular flexibility index (Phi) is 13.1. The topological polar surface area (TPSA) is 121 Å². The summed E-state index contributed by atoms with van der Waals surface area (Å²) in [4.78, 5) is 17.7. The fourth-order valence-corrected chi connectivity index (χ4v) is 7.09. The molecule has 1 unspecified atom stereocenters. The van der Waals surface area contributed by atoms with Crippen LogP contribution in [0, 0.1) is 17.8 Å². The Hall–Kier alpha value is -0.850. The molecule has 10 heteroatoms. The normalized spacial score (nSPS) is 46.5. The molecule has 242 valence electrons. The monoisotopic (exact) mass is 588 g/mol. The number of ether oxygens (including phenoxy) is 4. The Morgan fingerprint density at radius 3 is 2.24 bits per heavy atom. The number of aliphatic hydroxyl groups is 3. The van der Waals surface area contributed by atoms with Crippen molar-refractivity contribution in [3.63, 3.8) is 0 Å². The molecule has 0 aliphatic carbocycles.